The largest absolute Gasteiger partial charge is 0.454 e. The van der Waals surface area contributed by atoms with Crippen molar-refractivity contribution >= 4 is 5.82 Å². The fraction of sp³-hybridized carbons (Fsp3) is 0.550. The van der Waals surface area contributed by atoms with Crippen LogP contribution in [-0.2, 0) is 16.0 Å². The summed E-state index contributed by atoms with van der Waals surface area (Å²) in [5.74, 6) is 2.85. The van der Waals surface area contributed by atoms with Crippen molar-refractivity contribution in [1.82, 2.24) is 9.88 Å². The van der Waals surface area contributed by atoms with Crippen LogP contribution >= 0.6 is 0 Å². The zero-order chi connectivity index (χ0) is 17.6. The van der Waals surface area contributed by atoms with Crippen molar-refractivity contribution in [3.05, 3.63) is 47.1 Å². The van der Waals surface area contributed by atoms with Crippen molar-refractivity contribution in [3.63, 3.8) is 0 Å². The van der Waals surface area contributed by atoms with E-state index in [-0.39, 0.29) is 0 Å². The maximum atomic E-state index is 5.61. The van der Waals surface area contributed by atoms with Crippen LogP contribution in [0.3, 0.4) is 0 Å². The predicted molar refractivity (Wildman–Crippen MR) is 100 cm³/mol. The molecule has 0 aromatic carbocycles. The third-order valence-electron chi connectivity index (χ3n) is 4.74. The van der Waals surface area contributed by atoms with Crippen molar-refractivity contribution in [2.24, 2.45) is 0 Å². The molecule has 2 aliphatic heterocycles. The van der Waals surface area contributed by atoms with Crippen LogP contribution in [-0.4, -0.2) is 43.4 Å². The summed E-state index contributed by atoms with van der Waals surface area (Å²) in [5, 5.41) is 0. The van der Waals surface area contributed by atoms with E-state index in [2.05, 4.69) is 40.9 Å². The summed E-state index contributed by atoms with van der Waals surface area (Å²) >= 11 is 0. The molecule has 3 rings (SSSR count). The van der Waals surface area contributed by atoms with Crippen molar-refractivity contribution < 1.29 is 9.47 Å². The molecule has 0 atom stereocenters. The number of aromatic nitrogens is 1. The second kappa shape index (κ2) is 8.39. The molecule has 2 saturated heterocycles. The van der Waals surface area contributed by atoms with Crippen LogP contribution in [0, 0.1) is 0 Å². The van der Waals surface area contributed by atoms with E-state index >= 15 is 0 Å². The van der Waals surface area contributed by atoms with Crippen molar-refractivity contribution in [1.29, 1.82) is 0 Å². The average molecular weight is 343 g/mol. The fourth-order valence-electron chi connectivity index (χ4n) is 3.54. The first kappa shape index (κ1) is 17.8. The molecule has 1 aromatic heterocycles. The second-order valence-electron chi connectivity index (χ2n) is 6.91. The van der Waals surface area contributed by atoms with E-state index in [9.17, 15) is 0 Å². The molecule has 5 nitrogen and oxygen atoms in total. The van der Waals surface area contributed by atoms with Gasteiger partial charge in [-0.1, -0.05) is 0 Å². The van der Waals surface area contributed by atoms with Gasteiger partial charge in [0.2, 0.25) is 6.79 Å². The predicted octanol–water partition coefficient (Wildman–Crippen LogP) is 3.69. The van der Waals surface area contributed by atoms with Crippen molar-refractivity contribution in [3.8, 4) is 0 Å². The molecule has 5 heteroatoms. The van der Waals surface area contributed by atoms with E-state index in [1.54, 1.807) is 0 Å². The number of nitrogens with zero attached hydrogens (tertiary/aromatic N) is 3. The summed E-state index contributed by atoms with van der Waals surface area (Å²) < 4.78 is 11.1. The summed E-state index contributed by atoms with van der Waals surface area (Å²) in [7, 11) is 2.14. The molecule has 0 spiro atoms. The first-order valence-electron chi connectivity index (χ1n) is 9.18. The number of piperidine rings is 1. The fourth-order valence-corrected chi connectivity index (χ4v) is 3.54. The van der Waals surface area contributed by atoms with E-state index in [1.807, 2.05) is 19.2 Å². The summed E-state index contributed by atoms with van der Waals surface area (Å²) in [6, 6.07) is 4.34. The van der Waals surface area contributed by atoms with Crippen LogP contribution in [0.2, 0.25) is 0 Å². The maximum Gasteiger partial charge on any atom is 0.231 e. The van der Waals surface area contributed by atoms with E-state index < -0.39 is 0 Å². The molecule has 1 aromatic rings. The number of likely N-dealkylation sites (N-methyl/N-ethyl adjacent to an activating group) is 1. The Bertz CT molecular complexity index is 648. The Morgan fingerprint density at radius 3 is 2.84 bits per heavy atom. The SMILES string of the molecule is C/C=C1/OCO/C1=C(/C)CN(C)Cc1ccnc(N2CCCCC2)c1. The summed E-state index contributed by atoms with van der Waals surface area (Å²) in [5.41, 5.74) is 2.49. The number of pyridine rings is 1. The third-order valence-corrected chi connectivity index (χ3v) is 4.74. The molecule has 25 heavy (non-hydrogen) atoms. The van der Waals surface area contributed by atoms with Gasteiger partial charge in [-0.25, -0.2) is 4.98 Å². The Hall–Kier alpha value is -2.01. The van der Waals surface area contributed by atoms with Crippen LogP contribution in [0.25, 0.3) is 0 Å². The van der Waals surface area contributed by atoms with Crippen LogP contribution in [0.5, 0.6) is 0 Å². The maximum absolute atomic E-state index is 5.61. The Morgan fingerprint density at radius 1 is 1.28 bits per heavy atom. The number of anilines is 1. The molecule has 0 saturated carbocycles. The first-order chi connectivity index (χ1) is 12.2. The Kier molecular flexibility index (Phi) is 5.97. The molecule has 2 aliphatic rings. The molecule has 0 radical (unpaired) electrons. The van der Waals surface area contributed by atoms with Crippen LogP contribution < -0.4 is 4.90 Å². The molecule has 0 unspecified atom stereocenters. The molecule has 0 bridgehead atoms. The monoisotopic (exact) mass is 343 g/mol. The van der Waals surface area contributed by atoms with Crippen LogP contribution in [0.1, 0.15) is 38.7 Å². The topological polar surface area (TPSA) is 37.8 Å². The lowest BCUT2D eigenvalue weighted by atomic mass is 10.1. The molecule has 0 amide bonds. The van der Waals surface area contributed by atoms with Crippen LogP contribution in [0.4, 0.5) is 5.82 Å². The van der Waals surface area contributed by atoms with Crippen LogP contribution in [0.15, 0.2) is 41.5 Å². The Morgan fingerprint density at radius 2 is 2.08 bits per heavy atom. The van der Waals surface area contributed by atoms with Gasteiger partial charge in [-0.05, 0) is 69.5 Å². The highest BCUT2D eigenvalue weighted by Crippen LogP contribution is 2.25. The van der Waals surface area contributed by atoms with Gasteiger partial charge in [0.25, 0.3) is 0 Å². The van der Waals surface area contributed by atoms with Gasteiger partial charge >= 0.3 is 0 Å². The third kappa shape index (κ3) is 4.54. The first-order valence-corrected chi connectivity index (χ1v) is 9.18. The lowest BCUT2D eigenvalue weighted by Crippen LogP contribution is -2.30. The molecular weight excluding hydrogens is 314 g/mol. The Labute approximate surface area is 150 Å². The minimum atomic E-state index is 0.319. The van der Waals surface area contributed by atoms with Gasteiger partial charge in [0.1, 0.15) is 5.82 Å². The molecular formula is C20H29N3O2. The normalized spacial score (nSPS) is 21.4. The quantitative estimate of drug-likeness (QED) is 0.815. The van der Waals surface area contributed by atoms with Crippen molar-refractivity contribution in [2.75, 3.05) is 38.4 Å². The highest BCUT2D eigenvalue weighted by molar-refractivity contribution is 5.41. The van der Waals surface area contributed by atoms with Gasteiger partial charge in [-0.3, -0.25) is 4.90 Å². The zero-order valence-electron chi connectivity index (χ0n) is 15.6. The molecule has 3 heterocycles. The second-order valence-corrected chi connectivity index (χ2v) is 6.91. The van der Waals surface area contributed by atoms with Gasteiger partial charge in [-0.2, -0.15) is 0 Å². The molecule has 2 fully saturated rings. The number of hydrogen-bond donors (Lipinski definition) is 0. The van der Waals surface area contributed by atoms with Gasteiger partial charge in [0.05, 0.1) is 0 Å². The number of hydrogen-bond acceptors (Lipinski definition) is 5. The minimum Gasteiger partial charge on any atom is -0.454 e. The van der Waals surface area contributed by atoms with Crippen molar-refractivity contribution in [2.45, 2.75) is 39.7 Å². The molecule has 0 N–H and O–H groups in total. The molecule has 136 valence electrons. The highest BCUT2D eigenvalue weighted by atomic mass is 16.7. The van der Waals surface area contributed by atoms with Gasteiger partial charge < -0.3 is 14.4 Å². The average Bonchev–Trinajstić information content (AvgIpc) is 3.11. The minimum absolute atomic E-state index is 0.319. The zero-order valence-corrected chi connectivity index (χ0v) is 15.6. The van der Waals surface area contributed by atoms with E-state index in [0.29, 0.717) is 6.79 Å². The molecule has 0 aliphatic carbocycles. The van der Waals surface area contributed by atoms with E-state index in [4.69, 9.17) is 9.47 Å². The standard InChI is InChI=1S/C20H29N3O2/c1-4-18-20(25-15-24-18)16(2)13-22(3)14-17-8-9-21-19(12-17)23-10-6-5-7-11-23/h4,8-9,12H,5-7,10-11,13-15H2,1-3H3/b18-4+,20-16-. The van der Waals surface area contributed by atoms with Gasteiger partial charge in [0, 0.05) is 32.4 Å². The number of allylic oxidation sites excluding steroid dienone is 1. The lowest BCUT2D eigenvalue weighted by molar-refractivity contribution is 0.0965. The summed E-state index contributed by atoms with van der Waals surface area (Å²) in [6.45, 7) is 8.38. The van der Waals surface area contributed by atoms with Gasteiger partial charge in [-0.15, -0.1) is 0 Å². The van der Waals surface area contributed by atoms with Gasteiger partial charge in [0.15, 0.2) is 11.5 Å². The Balaban J connectivity index is 1.63. The summed E-state index contributed by atoms with van der Waals surface area (Å²) in [6.07, 6.45) is 7.78. The lowest BCUT2D eigenvalue weighted by Gasteiger charge is -2.28. The number of ether oxygens (including phenoxy) is 2. The van der Waals surface area contributed by atoms with E-state index in [0.717, 1.165) is 43.5 Å². The highest BCUT2D eigenvalue weighted by Gasteiger charge is 2.19. The smallest absolute Gasteiger partial charge is 0.231 e. The number of rotatable bonds is 5. The van der Waals surface area contributed by atoms with E-state index in [1.165, 1.54) is 30.4 Å². The summed E-state index contributed by atoms with van der Waals surface area (Å²) in [4.78, 5) is 9.27.